The number of hydrogen-bond donors (Lipinski definition) is 0. The average molecular weight is 666 g/mol. The maximum absolute atomic E-state index is 12.5. The molecule has 0 radical (unpaired) electrons. The summed E-state index contributed by atoms with van der Waals surface area (Å²) in [5.74, 6) is 3.14. The van der Waals surface area contributed by atoms with Crippen LogP contribution >= 0.6 is 0 Å². The number of aliphatic imine (C=N–C) groups is 1. The molecule has 1 fully saturated rings. The first-order chi connectivity index (χ1) is 23.0. The quantitative estimate of drug-likeness (QED) is 0.147. The fourth-order valence-electron chi connectivity index (χ4n) is 4.87. The molecule has 1 saturated heterocycles. The van der Waals surface area contributed by atoms with E-state index in [1.165, 1.54) is 26.4 Å². The summed E-state index contributed by atoms with van der Waals surface area (Å²) in [6.45, 7) is 11.5. The van der Waals surface area contributed by atoms with Gasteiger partial charge in [0, 0.05) is 24.9 Å². The molecule has 3 aromatic carbocycles. The Balaban J connectivity index is 0.000000260. The van der Waals surface area contributed by atoms with Crippen molar-refractivity contribution in [2.24, 2.45) is 10.4 Å². The van der Waals surface area contributed by atoms with Crippen molar-refractivity contribution >= 4 is 23.5 Å². The van der Waals surface area contributed by atoms with E-state index in [0.717, 1.165) is 25.8 Å². The molecule has 0 saturated carbocycles. The number of methoxy groups -OCH3 is 4. The topological polar surface area (TPSA) is 131 Å². The molecule has 12 nitrogen and oxygen atoms in total. The number of ether oxygens (including phenoxy) is 6. The highest BCUT2D eigenvalue weighted by Gasteiger charge is 2.32. The molecule has 2 aliphatic heterocycles. The third kappa shape index (κ3) is 9.08. The van der Waals surface area contributed by atoms with Crippen molar-refractivity contribution in [1.29, 1.82) is 0 Å². The summed E-state index contributed by atoms with van der Waals surface area (Å²) in [6, 6.07) is 13.1. The summed E-state index contributed by atoms with van der Waals surface area (Å²) in [6.07, 6.45) is 4.82. The first-order valence-corrected chi connectivity index (χ1v) is 16.0. The van der Waals surface area contributed by atoms with Crippen LogP contribution in [0.5, 0.6) is 40.2 Å². The largest absolute Gasteiger partial charge is 0.493 e. The van der Waals surface area contributed by atoms with E-state index in [9.17, 15) is 14.9 Å². The van der Waals surface area contributed by atoms with Gasteiger partial charge in [-0.15, -0.1) is 0 Å². The minimum atomic E-state index is -0.492. The van der Waals surface area contributed by atoms with Crippen LogP contribution in [0.4, 0.5) is 11.4 Å². The molecule has 0 aliphatic carbocycles. The smallest absolute Gasteiger partial charge is 0.315 e. The minimum absolute atomic E-state index is 0.0103. The Morgan fingerprint density at radius 2 is 1.48 bits per heavy atom. The van der Waals surface area contributed by atoms with Gasteiger partial charge in [-0.05, 0) is 55.0 Å². The van der Waals surface area contributed by atoms with E-state index in [2.05, 4.69) is 25.8 Å². The van der Waals surface area contributed by atoms with Crippen LogP contribution in [0.3, 0.4) is 0 Å². The molecule has 12 heteroatoms. The highest BCUT2D eigenvalue weighted by molar-refractivity contribution is 6.03. The van der Waals surface area contributed by atoms with Crippen LogP contribution < -0.4 is 28.4 Å². The van der Waals surface area contributed by atoms with E-state index in [1.54, 1.807) is 50.6 Å². The van der Waals surface area contributed by atoms with Gasteiger partial charge >= 0.3 is 5.69 Å². The van der Waals surface area contributed by atoms with Gasteiger partial charge in [-0.2, -0.15) is 0 Å². The lowest BCUT2D eigenvalue weighted by Gasteiger charge is -2.22. The van der Waals surface area contributed by atoms with E-state index in [1.807, 2.05) is 25.0 Å². The Morgan fingerprint density at radius 1 is 0.875 bits per heavy atom. The van der Waals surface area contributed by atoms with Crippen LogP contribution in [-0.2, 0) is 0 Å². The van der Waals surface area contributed by atoms with E-state index < -0.39 is 4.92 Å². The lowest BCUT2D eigenvalue weighted by molar-refractivity contribution is -0.385. The van der Waals surface area contributed by atoms with Gasteiger partial charge in [-0.3, -0.25) is 19.9 Å². The van der Waals surface area contributed by atoms with Crippen molar-refractivity contribution in [2.75, 3.05) is 41.6 Å². The first-order valence-electron chi connectivity index (χ1n) is 16.0. The number of nitro groups is 1. The lowest BCUT2D eigenvalue weighted by Crippen LogP contribution is -2.35. The Morgan fingerprint density at radius 3 is 2.10 bits per heavy atom. The predicted octanol–water partition coefficient (Wildman–Crippen LogP) is 8.27. The fourth-order valence-corrected chi connectivity index (χ4v) is 4.87. The van der Waals surface area contributed by atoms with Crippen LogP contribution in [0.1, 0.15) is 64.2 Å². The number of nitro benzene ring substituents is 1. The zero-order chi connectivity index (χ0) is 35.4. The normalized spacial score (nSPS) is 14.6. The Labute approximate surface area is 282 Å². The van der Waals surface area contributed by atoms with Crippen LogP contribution in [0, 0.1) is 15.5 Å². The number of benzene rings is 3. The molecule has 0 bridgehead atoms. The summed E-state index contributed by atoms with van der Waals surface area (Å²) in [7, 11) is 6.17. The van der Waals surface area contributed by atoms with E-state index in [0.29, 0.717) is 52.4 Å². The molecule has 2 heterocycles. The van der Waals surface area contributed by atoms with Crippen LogP contribution in [0.2, 0.25) is 0 Å². The second-order valence-electron chi connectivity index (χ2n) is 11.5. The van der Waals surface area contributed by atoms with Gasteiger partial charge in [0.1, 0.15) is 11.5 Å². The zero-order valence-corrected chi connectivity index (χ0v) is 29.3. The monoisotopic (exact) mass is 665 g/mol. The summed E-state index contributed by atoms with van der Waals surface area (Å²) in [5, 5.41) is 11.5. The van der Waals surface area contributed by atoms with E-state index in [4.69, 9.17) is 28.4 Å². The number of rotatable bonds is 11. The summed E-state index contributed by atoms with van der Waals surface area (Å²) < 4.78 is 32.3. The standard InChI is InChI=1S/C20H25NO6.C14H16N2O3.C2H6/c1-6-20(2,3)13-26-14-7-9-17(16(11-14)21(22)23)27-15-8-10-18(24-4)19(12-15)25-5;1-18-12-6-10-11(7-13(12)19-2)15-8-9-4-3-5-16(9)14(10)17;1-2/h7-12H,6,13H2,1-5H3;6-9H,3-5H2,1-2H3;1-2H3. The van der Waals surface area contributed by atoms with Gasteiger partial charge < -0.3 is 33.3 Å². The Bertz CT molecular complexity index is 1590. The van der Waals surface area contributed by atoms with Crippen molar-refractivity contribution in [1.82, 2.24) is 4.90 Å². The maximum atomic E-state index is 12.5. The SMILES string of the molecule is CC.CCC(C)(C)COc1ccc(Oc2ccc(OC)c(OC)c2)c([N+](=O)[O-])c1.COc1cc2c(cc1OC)C(=O)N1CCCC1C=N2. The van der Waals surface area contributed by atoms with E-state index in [-0.39, 0.29) is 28.8 Å². The molecular formula is C36H47N3O9. The van der Waals surface area contributed by atoms with Gasteiger partial charge in [0.25, 0.3) is 5.91 Å². The third-order valence-corrected chi connectivity index (χ3v) is 7.97. The van der Waals surface area contributed by atoms with Crippen molar-refractivity contribution in [2.45, 2.75) is 59.9 Å². The second kappa shape index (κ2) is 17.2. The van der Waals surface area contributed by atoms with Crippen molar-refractivity contribution < 1.29 is 38.1 Å². The number of amides is 1. The summed E-state index contributed by atoms with van der Waals surface area (Å²) in [5.41, 5.74) is 1.05. The predicted molar refractivity (Wildman–Crippen MR) is 185 cm³/mol. The molecular weight excluding hydrogens is 618 g/mol. The van der Waals surface area contributed by atoms with Gasteiger partial charge in [-0.25, -0.2) is 0 Å². The number of hydrogen-bond acceptors (Lipinski definition) is 10. The molecule has 260 valence electrons. The lowest BCUT2D eigenvalue weighted by atomic mass is 9.92. The molecule has 48 heavy (non-hydrogen) atoms. The molecule has 3 aromatic rings. The molecule has 1 amide bonds. The average Bonchev–Trinajstić information content (AvgIpc) is 3.54. The van der Waals surface area contributed by atoms with Crippen molar-refractivity contribution in [3.8, 4) is 40.2 Å². The number of carbonyl (C=O) groups excluding carboxylic acids is 1. The van der Waals surface area contributed by atoms with Gasteiger partial charge in [0.05, 0.1) is 63.3 Å². The number of nitrogens with zero attached hydrogens (tertiary/aromatic N) is 3. The number of carbonyl (C=O) groups is 1. The van der Waals surface area contributed by atoms with Crippen LogP contribution in [0.25, 0.3) is 0 Å². The zero-order valence-electron chi connectivity index (χ0n) is 29.3. The van der Waals surface area contributed by atoms with Crippen LogP contribution in [-0.4, -0.2) is 69.6 Å². The fraction of sp³-hybridized carbons (Fsp3) is 0.444. The summed E-state index contributed by atoms with van der Waals surface area (Å²) >= 11 is 0. The third-order valence-electron chi connectivity index (χ3n) is 7.97. The highest BCUT2D eigenvalue weighted by Crippen LogP contribution is 2.39. The number of fused-ring (bicyclic) bond motifs is 2. The van der Waals surface area contributed by atoms with Crippen molar-refractivity contribution in [3.63, 3.8) is 0 Å². The molecule has 0 spiro atoms. The van der Waals surface area contributed by atoms with Gasteiger partial charge in [-0.1, -0.05) is 34.6 Å². The molecule has 5 rings (SSSR count). The summed E-state index contributed by atoms with van der Waals surface area (Å²) in [4.78, 5) is 29.8. The minimum Gasteiger partial charge on any atom is -0.493 e. The Kier molecular flexibility index (Phi) is 13.5. The van der Waals surface area contributed by atoms with Gasteiger partial charge in [0.15, 0.2) is 23.0 Å². The van der Waals surface area contributed by atoms with Gasteiger partial charge in [0.2, 0.25) is 5.75 Å². The van der Waals surface area contributed by atoms with Crippen molar-refractivity contribution in [3.05, 3.63) is 64.2 Å². The molecule has 0 N–H and O–H groups in total. The molecule has 1 unspecified atom stereocenters. The molecule has 1 atom stereocenters. The van der Waals surface area contributed by atoms with E-state index >= 15 is 0 Å². The molecule has 2 aliphatic rings. The first kappa shape index (κ1) is 37.5. The second-order valence-corrected chi connectivity index (χ2v) is 11.5. The highest BCUT2D eigenvalue weighted by atomic mass is 16.6. The molecule has 0 aromatic heterocycles. The maximum Gasteiger partial charge on any atom is 0.315 e. The van der Waals surface area contributed by atoms with Crippen LogP contribution in [0.15, 0.2) is 53.5 Å². The Hall–Kier alpha value is -5.00.